The highest BCUT2D eigenvalue weighted by atomic mass is 14.4. The van der Waals surface area contributed by atoms with E-state index in [2.05, 4.69) is 52.8 Å². The molecule has 0 saturated carbocycles. The van der Waals surface area contributed by atoms with E-state index in [1.165, 1.54) is 19.3 Å². The lowest BCUT2D eigenvalue weighted by molar-refractivity contribution is 0.220. The van der Waals surface area contributed by atoms with Crippen LogP contribution in [0.1, 0.15) is 53.9 Å². The molecule has 0 saturated heterocycles. The second kappa shape index (κ2) is 5.01. The topological polar surface area (TPSA) is 0 Å². The van der Waals surface area contributed by atoms with Crippen molar-refractivity contribution in [2.24, 2.45) is 17.3 Å². The molecule has 1 aliphatic rings. The maximum Gasteiger partial charge on any atom is -0.00821 e. The van der Waals surface area contributed by atoms with Gasteiger partial charge in [-0.1, -0.05) is 57.9 Å². The zero-order valence-corrected chi connectivity index (χ0v) is 11.0. The van der Waals surface area contributed by atoms with Crippen molar-refractivity contribution < 1.29 is 0 Å². The third-order valence-electron chi connectivity index (χ3n) is 4.06. The maximum atomic E-state index is 2.46. The first-order chi connectivity index (χ1) is 7.00. The van der Waals surface area contributed by atoms with Gasteiger partial charge in [0.15, 0.2) is 0 Å². The zero-order valence-electron chi connectivity index (χ0n) is 11.0. The molecule has 86 valence electrons. The van der Waals surface area contributed by atoms with Gasteiger partial charge in [-0.2, -0.15) is 0 Å². The van der Waals surface area contributed by atoms with Crippen molar-refractivity contribution in [3.8, 4) is 0 Å². The van der Waals surface area contributed by atoms with Gasteiger partial charge >= 0.3 is 0 Å². The molecular formula is C15H26. The standard InChI is InChI=1S/C15H26/c1-6-7-8-9-14-12(2)10-11-13(3)15(14,4)5/h8-9,11-12,14H,6-7,10H2,1-5H3/b9-8+. The first kappa shape index (κ1) is 12.5. The van der Waals surface area contributed by atoms with Crippen LogP contribution in [0.25, 0.3) is 0 Å². The summed E-state index contributed by atoms with van der Waals surface area (Å²) in [6, 6.07) is 0. The van der Waals surface area contributed by atoms with Crippen LogP contribution in [-0.2, 0) is 0 Å². The zero-order chi connectivity index (χ0) is 11.5. The molecule has 2 atom stereocenters. The van der Waals surface area contributed by atoms with Gasteiger partial charge in [0.05, 0.1) is 0 Å². The molecule has 1 aliphatic carbocycles. The Hall–Kier alpha value is -0.520. The fourth-order valence-corrected chi connectivity index (χ4v) is 2.59. The first-order valence-corrected chi connectivity index (χ1v) is 6.34. The lowest BCUT2D eigenvalue weighted by atomic mass is 9.64. The number of allylic oxidation sites excluding steroid dienone is 4. The molecular weight excluding hydrogens is 180 g/mol. The number of hydrogen-bond acceptors (Lipinski definition) is 0. The highest BCUT2D eigenvalue weighted by molar-refractivity contribution is 5.19. The van der Waals surface area contributed by atoms with E-state index < -0.39 is 0 Å². The summed E-state index contributed by atoms with van der Waals surface area (Å²) < 4.78 is 0. The first-order valence-electron chi connectivity index (χ1n) is 6.34. The molecule has 0 heteroatoms. The lowest BCUT2D eigenvalue weighted by Crippen LogP contribution is -2.32. The van der Waals surface area contributed by atoms with Crippen molar-refractivity contribution in [2.45, 2.75) is 53.9 Å². The molecule has 0 aromatic heterocycles. The van der Waals surface area contributed by atoms with E-state index in [0.29, 0.717) is 11.3 Å². The fourth-order valence-electron chi connectivity index (χ4n) is 2.59. The molecule has 0 spiro atoms. The number of hydrogen-bond donors (Lipinski definition) is 0. The Kier molecular flexibility index (Phi) is 4.19. The molecule has 0 N–H and O–H groups in total. The van der Waals surface area contributed by atoms with E-state index in [1.54, 1.807) is 5.57 Å². The molecule has 0 radical (unpaired) electrons. The molecule has 0 aromatic carbocycles. The van der Waals surface area contributed by atoms with Crippen molar-refractivity contribution >= 4 is 0 Å². The molecule has 0 heterocycles. The van der Waals surface area contributed by atoms with E-state index in [-0.39, 0.29) is 0 Å². The fraction of sp³-hybridized carbons (Fsp3) is 0.733. The minimum atomic E-state index is 0.349. The molecule has 0 nitrogen and oxygen atoms in total. The smallest absolute Gasteiger partial charge is 0.00821 e. The van der Waals surface area contributed by atoms with Crippen molar-refractivity contribution in [3.05, 3.63) is 23.8 Å². The van der Waals surface area contributed by atoms with Crippen LogP contribution < -0.4 is 0 Å². The highest BCUT2D eigenvalue weighted by Crippen LogP contribution is 2.45. The maximum absolute atomic E-state index is 2.46. The van der Waals surface area contributed by atoms with Gasteiger partial charge in [0, 0.05) is 0 Å². The normalized spacial score (nSPS) is 30.6. The average molecular weight is 206 g/mol. The summed E-state index contributed by atoms with van der Waals surface area (Å²) in [6.45, 7) is 11.7. The van der Waals surface area contributed by atoms with E-state index in [9.17, 15) is 0 Å². The molecule has 2 unspecified atom stereocenters. The Morgan fingerprint density at radius 1 is 1.47 bits per heavy atom. The third kappa shape index (κ3) is 2.74. The van der Waals surface area contributed by atoms with Crippen LogP contribution in [0.5, 0.6) is 0 Å². The second-order valence-corrected chi connectivity index (χ2v) is 5.56. The summed E-state index contributed by atoms with van der Waals surface area (Å²) in [5, 5.41) is 0. The second-order valence-electron chi connectivity index (χ2n) is 5.56. The van der Waals surface area contributed by atoms with Crippen LogP contribution in [0.3, 0.4) is 0 Å². The molecule has 0 bridgehead atoms. The Morgan fingerprint density at radius 2 is 2.13 bits per heavy atom. The molecule has 0 fully saturated rings. The Labute approximate surface area is 95.5 Å². The van der Waals surface area contributed by atoms with Crippen LogP contribution in [0.2, 0.25) is 0 Å². The van der Waals surface area contributed by atoms with Gasteiger partial charge in [-0.25, -0.2) is 0 Å². The van der Waals surface area contributed by atoms with Gasteiger partial charge < -0.3 is 0 Å². The predicted octanol–water partition coefficient (Wildman–Crippen LogP) is 4.97. The van der Waals surface area contributed by atoms with E-state index in [4.69, 9.17) is 0 Å². The van der Waals surface area contributed by atoms with Gasteiger partial charge in [0.2, 0.25) is 0 Å². The molecule has 0 aliphatic heterocycles. The van der Waals surface area contributed by atoms with E-state index in [0.717, 1.165) is 5.92 Å². The van der Waals surface area contributed by atoms with Gasteiger partial charge in [0.25, 0.3) is 0 Å². The quantitative estimate of drug-likeness (QED) is 0.572. The van der Waals surface area contributed by atoms with Crippen LogP contribution in [-0.4, -0.2) is 0 Å². The largest absolute Gasteiger partial charge is 0.0882 e. The third-order valence-corrected chi connectivity index (χ3v) is 4.06. The molecule has 0 aromatic rings. The summed E-state index contributed by atoms with van der Waals surface area (Å²) in [5.41, 5.74) is 1.91. The van der Waals surface area contributed by atoms with Crippen molar-refractivity contribution in [3.63, 3.8) is 0 Å². The SMILES string of the molecule is CCC/C=C/C1C(C)CC=C(C)C1(C)C. The molecule has 0 amide bonds. The minimum Gasteiger partial charge on any atom is -0.0882 e. The number of unbranched alkanes of at least 4 members (excludes halogenated alkanes) is 1. The number of rotatable bonds is 3. The van der Waals surface area contributed by atoms with Crippen LogP contribution >= 0.6 is 0 Å². The Bertz CT molecular complexity index is 255. The van der Waals surface area contributed by atoms with Gasteiger partial charge in [-0.3, -0.25) is 0 Å². The Morgan fingerprint density at radius 3 is 2.73 bits per heavy atom. The average Bonchev–Trinajstić information content (AvgIpc) is 2.18. The summed E-state index contributed by atoms with van der Waals surface area (Å²) >= 11 is 0. The minimum absolute atomic E-state index is 0.349. The molecule has 15 heavy (non-hydrogen) atoms. The monoisotopic (exact) mass is 206 g/mol. The summed E-state index contributed by atoms with van der Waals surface area (Å²) in [6.07, 6.45) is 11.0. The van der Waals surface area contributed by atoms with Gasteiger partial charge in [0.1, 0.15) is 0 Å². The molecule has 1 rings (SSSR count). The van der Waals surface area contributed by atoms with E-state index in [1.807, 2.05) is 0 Å². The van der Waals surface area contributed by atoms with Crippen LogP contribution in [0, 0.1) is 17.3 Å². The summed E-state index contributed by atoms with van der Waals surface area (Å²) in [4.78, 5) is 0. The van der Waals surface area contributed by atoms with Crippen molar-refractivity contribution in [2.75, 3.05) is 0 Å². The lowest BCUT2D eigenvalue weighted by Gasteiger charge is -2.41. The summed E-state index contributed by atoms with van der Waals surface area (Å²) in [7, 11) is 0. The van der Waals surface area contributed by atoms with Crippen molar-refractivity contribution in [1.29, 1.82) is 0 Å². The Balaban J connectivity index is 2.80. The van der Waals surface area contributed by atoms with Crippen LogP contribution in [0.15, 0.2) is 23.8 Å². The van der Waals surface area contributed by atoms with Gasteiger partial charge in [-0.05, 0) is 37.0 Å². The summed E-state index contributed by atoms with van der Waals surface area (Å²) in [5.74, 6) is 1.51. The highest BCUT2D eigenvalue weighted by Gasteiger charge is 2.35. The van der Waals surface area contributed by atoms with Crippen molar-refractivity contribution in [1.82, 2.24) is 0 Å². The van der Waals surface area contributed by atoms with E-state index >= 15 is 0 Å². The predicted molar refractivity (Wildman–Crippen MR) is 68.9 cm³/mol. The van der Waals surface area contributed by atoms with Gasteiger partial charge in [-0.15, -0.1) is 0 Å². The van der Waals surface area contributed by atoms with Crippen LogP contribution in [0.4, 0.5) is 0 Å².